The van der Waals surface area contributed by atoms with E-state index in [0.717, 1.165) is 12.8 Å². The van der Waals surface area contributed by atoms with Gasteiger partial charge >= 0.3 is 0 Å². The van der Waals surface area contributed by atoms with Crippen molar-refractivity contribution in [1.29, 1.82) is 0 Å². The fourth-order valence-electron chi connectivity index (χ4n) is 0.969. The van der Waals surface area contributed by atoms with Crippen molar-refractivity contribution in [3.05, 3.63) is 23.8 Å². The first-order valence-corrected chi connectivity index (χ1v) is 3.34. The third-order valence-electron chi connectivity index (χ3n) is 1.63. The van der Waals surface area contributed by atoms with Gasteiger partial charge in [0, 0.05) is 0 Å². The van der Waals surface area contributed by atoms with Crippen molar-refractivity contribution < 1.29 is 5.11 Å². The van der Waals surface area contributed by atoms with Gasteiger partial charge in [0.1, 0.15) is 0 Å². The molecule has 0 amide bonds. The van der Waals surface area contributed by atoms with Gasteiger partial charge in [0.15, 0.2) is 0 Å². The minimum absolute atomic E-state index is 0.200. The van der Waals surface area contributed by atoms with E-state index in [0.29, 0.717) is 0 Å². The Morgan fingerprint density at radius 2 is 2.56 bits per heavy atom. The Labute approximate surface area is 55.7 Å². The fourth-order valence-corrected chi connectivity index (χ4v) is 0.969. The monoisotopic (exact) mass is 124 g/mol. The van der Waals surface area contributed by atoms with Crippen LogP contribution in [-0.2, 0) is 0 Å². The average Bonchev–Trinajstić information content (AvgIpc) is 1.90. The zero-order valence-corrected chi connectivity index (χ0v) is 5.67. The van der Waals surface area contributed by atoms with Crippen LogP contribution in [0.2, 0.25) is 0 Å². The van der Waals surface area contributed by atoms with Crippen LogP contribution in [-0.4, -0.2) is 11.2 Å². The lowest BCUT2D eigenvalue weighted by molar-refractivity contribution is 0.210. The second kappa shape index (κ2) is 2.83. The van der Waals surface area contributed by atoms with Crippen LogP contribution < -0.4 is 0 Å². The van der Waals surface area contributed by atoms with Crippen LogP contribution in [0.15, 0.2) is 23.8 Å². The van der Waals surface area contributed by atoms with Gasteiger partial charge in [-0.05, 0) is 19.8 Å². The summed E-state index contributed by atoms with van der Waals surface area (Å²) >= 11 is 0. The molecule has 0 fully saturated rings. The summed E-state index contributed by atoms with van der Waals surface area (Å²) in [4.78, 5) is 0. The molecule has 1 atom stereocenters. The molecule has 0 aliphatic heterocycles. The van der Waals surface area contributed by atoms with Gasteiger partial charge in [0.2, 0.25) is 0 Å². The maximum Gasteiger partial charge on any atom is 0.0727 e. The van der Waals surface area contributed by atoms with Gasteiger partial charge in [0.25, 0.3) is 0 Å². The van der Waals surface area contributed by atoms with Crippen molar-refractivity contribution in [3.63, 3.8) is 0 Å². The Balaban J connectivity index is 2.58. The van der Waals surface area contributed by atoms with Gasteiger partial charge in [-0.1, -0.05) is 23.8 Å². The van der Waals surface area contributed by atoms with E-state index < -0.39 is 0 Å². The average molecular weight is 124 g/mol. The van der Waals surface area contributed by atoms with Crippen LogP contribution in [0.4, 0.5) is 0 Å². The molecule has 0 aromatic heterocycles. The standard InChI is InChI=1S/C8H12O/c1-2-7-3-5-8(9)6-4-7/h2-3,5,8-9H,4,6H2,1H3/b7-2-. The van der Waals surface area contributed by atoms with E-state index in [4.69, 9.17) is 5.11 Å². The molecular formula is C8H12O. The van der Waals surface area contributed by atoms with E-state index in [-0.39, 0.29) is 6.10 Å². The van der Waals surface area contributed by atoms with Gasteiger partial charge in [-0.15, -0.1) is 0 Å². The van der Waals surface area contributed by atoms with Crippen LogP contribution in [0.5, 0.6) is 0 Å². The van der Waals surface area contributed by atoms with Gasteiger partial charge in [0.05, 0.1) is 6.10 Å². The second-order valence-electron chi connectivity index (χ2n) is 2.33. The molecule has 0 saturated heterocycles. The summed E-state index contributed by atoms with van der Waals surface area (Å²) in [7, 11) is 0. The van der Waals surface area contributed by atoms with Crippen LogP contribution in [0, 0.1) is 0 Å². The minimum atomic E-state index is -0.200. The van der Waals surface area contributed by atoms with Gasteiger partial charge in [-0.3, -0.25) is 0 Å². The second-order valence-corrected chi connectivity index (χ2v) is 2.33. The molecule has 0 aromatic carbocycles. The Morgan fingerprint density at radius 3 is 3.00 bits per heavy atom. The fraction of sp³-hybridized carbons (Fsp3) is 0.500. The molecule has 0 bridgehead atoms. The zero-order chi connectivity index (χ0) is 6.69. The van der Waals surface area contributed by atoms with E-state index in [9.17, 15) is 0 Å². The largest absolute Gasteiger partial charge is 0.389 e. The van der Waals surface area contributed by atoms with Crippen molar-refractivity contribution in [2.45, 2.75) is 25.9 Å². The molecule has 1 aliphatic rings. The normalized spacial score (nSPS) is 31.3. The van der Waals surface area contributed by atoms with E-state index >= 15 is 0 Å². The highest BCUT2D eigenvalue weighted by Gasteiger charge is 2.05. The first kappa shape index (κ1) is 6.56. The maximum atomic E-state index is 9.01. The Kier molecular flexibility index (Phi) is 2.06. The SMILES string of the molecule is C/C=C1/C=CC(O)CC1. The summed E-state index contributed by atoms with van der Waals surface area (Å²) in [6.45, 7) is 2.03. The van der Waals surface area contributed by atoms with Crippen LogP contribution in [0.25, 0.3) is 0 Å². The lowest BCUT2D eigenvalue weighted by Crippen LogP contribution is -2.06. The van der Waals surface area contributed by atoms with Crippen LogP contribution in [0.1, 0.15) is 19.8 Å². The Bertz CT molecular complexity index is 145. The highest BCUT2D eigenvalue weighted by atomic mass is 16.3. The molecule has 0 heterocycles. The number of aliphatic hydroxyl groups excluding tert-OH is 1. The number of aliphatic hydroxyl groups is 1. The van der Waals surface area contributed by atoms with Crippen LogP contribution >= 0.6 is 0 Å². The summed E-state index contributed by atoms with van der Waals surface area (Å²) in [6.07, 6.45) is 7.63. The number of rotatable bonds is 0. The van der Waals surface area contributed by atoms with Crippen molar-refractivity contribution >= 4 is 0 Å². The molecule has 0 spiro atoms. The Hall–Kier alpha value is -0.560. The van der Waals surface area contributed by atoms with Crippen molar-refractivity contribution in [3.8, 4) is 0 Å². The highest BCUT2D eigenvalue weighted by Crippen LogP contribution is 2.15. The summed E-state index contributed by atoms with van der Waals surface area (Å²) in [5.41, 5.74) is 1.33. The van der Waals surface area contributed by atoms with Gasteiger partial charge in [-0.25, -0.2) is 0 Å². The predicted molar refractivity (Wildman–Crippen MR) is 38.1 cm³/mol. The summed E-state index contributed by atoms with van der Waals surface area (Å²) in [5, 5.41) is 9.01. The van der Waals surface area contributed by atoms with Crippen molar-refractivity contribution in [1.82, 2.24) is 0 Å². The zero-order valence-electron chi connectivity index (χ0n) is 5.67. The van der Waals surface area contributed by atoms with E-state index in [1.54, 1.807) is 0 Å². The maximum absolute atomic E-state index is 9.01. The summed E-state index contributed by atoms with van der Waals surface area (Å²) in [5.74, 6) is 0. The number of hydrogen-bond acceptors (Lipinski definition) is 1. The first-order valence-electron chi connectivity index (χ1n) is 3.34. The molecular weight excluding hydrogens is 112 g/mol. The van der Waals surface area contributed by atoms with E-state index in [2.05, 4.69) is 6.08 Å². The summed E-state index contributed by atoms with van der Waals surface area (Å²) in [6, 6.07) is 0. The van der Waals surface area contributed by atoms with E-state index in [1.165, 1.54) is 5.57 Å². The molecule has 1 rings (SSSR count). The first-order chi connectivity index (χ1) is 4.33. The topological polar surface area (TPSA) is 20.2 Å². The predicted octanol–water partition coefficient (Wildman–Crippen LogP) is 1.64. The lowest BCUT2D eigenvalue weighted by atomic mass is 10.0. The third-order valence-corrected chi connectivity index (χ3v) is 1.63. The molecule has 0 aromatic rings. The molecule has 0 radical (unpaired) electrons. The van der Waals surface area contributed by atoms with Gasteiger partial charge in [-0.2, -0.15) is 0 Å². The molecule has 9 heavy (non-hydrogen) atoms. The molecule has 1 aliphatic carbocycles. The lowest BCUT2D eigenvalue weighted by Gasteiger charge is -2.11. The molecule has 1 nitrogen and oxygen atoms in total. The number of allylic oxidation sites excluding steroid dienone is 3. The molecule has 1 heteroatoms. The smallest absolute Gasteiger partial charge is 0.0727 e. The highest BCUT2D eigenvalue weighted by molar-refractivity contribution is 5.22. The summed E-state index contributed by atoms with van der Waals surface area (Å²) < 4.78 is 0. The van der Waals surface area contributed by atoms with Crippen molar-refractivity contribution in [2.24, 2.45) is 0 Å². The molecule has 1 unspecified atom stereocenters. The molecule has 50 valence electrons. The quantitative estimate of drug-likeness (QED) is 0.520. The van der Waals surface area contributed by atoms with E-state index in [1.807, 2.05) is 19.1 Å². The molecule has 1 N–H and O–H groups in total. The minimum Gasteiger partial charge on any atom is -0.389 e. The van der Waals surface area contributed by atoms with Crippen LogP contribution in [0.3, 0.4) is 0 Å². The third kappa shape index (κ3) is 1.68. The van der Waals surface area contributed by atoms with Crippen molar-refractivity contribution in [2.75, 3.05) is 0 Å². The number of hydrogen-bond donors (Lipinski definition) is 1. The van der Waals surface area contributed by atoms with Gasteiger partial charge < -0.3 is 5.11 Å². The molecule has 0 saturated carbocycles. The Morgan fingerprint density at radius 1 is 1.78 bits per heavy atom.